The number of aliphatic carboxylic acids is 3. The van der Waals surface area contributed by atoms with Gasteiger partial charge >= 0.3 is 17.9 Å². The molecular formula is C34H48F2N2O10. The number of nitrogens with zero attached hydrogens (tertiary/aromatic N) is 1. The van der Waals surface area contributed by atoms with Crippen LogP contribution in [0.2, 0.25) is 0 Å². The maximum Gasteiger partial charge on any atom is 0.336 e. The van der Waals surface area contributed by atoms with Crippen molar-refractivity contribution in [2.75, 3.05) is 39.4 Å². The maximum absolute atomic E-state index is 13.3. The van der Waals surface area contributed by atoms with Gasteiger partial charge in [-0.05, 0) is 81.0 Å². The Balaban J connectivity index is 0.000000341. The summed E-state index contributed by atoms with van der Waals surface area (Å²) >= 11 is 0. The first kappa shape index (κ1) is 37.5. The summed E-state index contributed by atoms with van der Waals surface area (Å²) in [5.41, 5.74) is -0.134. The van der Waals surface area contributed by atoms with E-state index in [9.17, 15) is 28.0 Å². The minimum atomic E-state index is -2.74. The summed E-state index contributed by atoms with van der Waals surface area (Å²) in [5.74, 6) is -5.29. The molecule has 2 aliphatic heterocycles. The number of fused-ring (bicyclic) bond motifs is 5. The van der Waals surface area contributed by atoms with Gasteiger partial charge in [0.2, 0.25) is 5.91 Å². The number of carboxylic acid groups (broad SMARTS) is 3. The number of halogens is 2. The van der Waals surface area contributed by atoms with Crippen LogP contribution in [-0.4, -0.2) is 106 Å². The minimum absolute atomic E-state index is 0.0308. The molecule has 5 rings (SSSR count). The first-order chi connectivity index (χ1) is 22.6. The van der Waals surface area contributed by atoms with Crippen molar-refractivity contribution in [3.63, 3.8) is 0 Å². The molecule has 12 nitrogen and oxygen atoms in total. The highest BCUT2D eigenvalue weighted by Gasteiger charge is 2.57. The first-order valence-electron chi connectivity index (χ1n) is 16.7. The molecule has 5 atom stereocenters. The highest BCUT2D eigenvalue weighted by atomic mass is 19.3. The number of alkyl halides is 2. The summed E-state index contributed by atoms with van der Waals surface area (Å²) < 4.78 is 39.0. The summed E-state index contributed by atoms with van der Waals surface area (Å²) in [7, 11) is 0. The molecule has 4 aliphatic rings. The van der Waals surface area contributed by atoms with Crippen LogP contribution in [0.4, 0.5) is 8.78 Å². The second kappa shape index (κ2) is 15.5. The summed E-state index contributed by atoms with van der Waals surface area (Å²) in [4.78, 5) is 45.4. The van der Waals surface area contributed by atoms with Crippen molar-refractivity contribution >= 4 is 23.8 Å². The molecule has 0 aromatic heterocycles. The molecule has 14 heteroatoms. The van der Waals surface area contributed by atoms with Crippen molar-refractivity contribution in [2.45, 2.75) is 94.7 Å². The lowest BCUT2D eigenvalue weighted by molar-refractivity contribution is -0.170. The van der Waals surface area contributed by atoms with Crippen LogP contribution in [0.1, 0.15) is 82.3 Å². The van der Waals surface area contributed by atoms with Crippen LogP contribution in [0.5, 0.6) is 5.75 Å². The van der Waals surface area contributed by atoms with Crippen LogP contribution < -0.4 is 10.1 Å². The number of amides is 1. The molecule has 0 unspecified atom stereocenters. The summed E-state index contributed by atoms with van der Waals surface area (Å²) in [5, 5.41) is 36.8. The minimum Gasteiger partial charge on any atom is -0.494 e. The Hall–Kier alpha value is -3.36. The number of ether oxygens (including phenoxy) is 2. The van der Waals surface area contributed by atoms with E-state index >= 15 is 0 Å². The van der Waals surface area contributed by atoms with E-state index in [0.717, 1.165) is 44.4 Å². The SMILES string of the molecule is CCNC(=O)[C@H]1CO[C@@]2(C)CC[C@@H]3c4ccc(OCCCN5CCC(F)(F)CC5)cc4CC[C@H]3[C@H]12.O=C(O)CC(O)(CC(=O)O)C(=O)O. The molecule has 0 radical (unpaired) electrons. The van der Waals surface area contributed by atoms with Crippen molar-refractivity contribution in [1.29, 1.82) is 0 Å². The third-order valence-electron chi connectivity index (χ3n) is 10.4. The van der Waals surface area contributed by atoms with Gasteiger partial charge in [-0.25, -0.2) is 13.6 Å². The fourth-order valence-electron chi connectivity index (χ4n) is 7.98. The Bertz CT molecular complexity index is 1320. The molecule has 2 heterocycles. The number of aliphatic hydroxyl groups is 1. The lowest BCUT2D eigenvalue weighted by Crippen LogP contribution is -2.49. The zero-order chi connectivity index (χ0) is 35.3. The molecule has 1 amide bonds. The molecule has 48 heavy (non-hydrogen) atoms. The number of aryl methyl sites for hydroxylation is 1. The summed E-state index contributed by atoms with van der Waals surface area (Å²) in [6, 6.07) is 6.53. The topological polar surface area (TPSA) is 183 Å². The van der Waals surface area contributed by atoms with Crippen LogP contribution in [0, 0.1) is 17.8 Å². The van der Waals surface area contributed by atoms with Crippen molar-refractivity contribution in [3.05, 3.63) is 29.3 Å². The molecule has 0 bridgehead atoms. The van der Waals surface area contributed by atoms with Gasteiger partial charge in [0, 0.05) is 44.9 Å². The standard InChI is InChI=1S/C28H40F2N2O3.C6H8O7/c1-3-31-26(33)24-18-35-27(2)10-9-22-21-8-6-20(17-19(21)5-7-23(22)25(24)27)34-16-4-13-32-14-11-28(29,30)12-15-32;7-3(8)1-6(13,5(11)12)2-4(9)10/h6,8,17,22-25H,3-5,7,9-16,18H2,1-2H3,(H,31,33);13H,1-2H2,(H,7,8)(H,9,10)(H,11,12)/t22-,23-,24+,25-,27+;/m1./s1. The van der Waals surface area contributed by atoms with Crippen molar-refractivity contribution in [1.82, 2.24) is 10.2 Å². The molecule has 2 aliphatic carbocycles. The van der Waals surface area contributed by atoms with Crippen LogP contribution in [0.3, 0.4) is 0 Å². The number of hydrogen-bond donors (Lipinski definition) is 5. The third-order valence-corrected chi connectivity index (χ3v) is 10.4. The van der Waals surface area contributed by atoms with Gasteiger partial charge in [-0.2, -0.15) is 0 Å². The van der Waals surface area contributed by atoms with Crippen LogP contribution in [0.25, 0.3) is 0 Å². The highest BCUT2D eigenvalue weighted by molar-refractivity contribution is 5.88. The average molecular weight is 683 g/mol. The number of benzene rings is 1. The quantitative estimate of drug-likeness (QED) is 0.203. The van der Waals surface area contributed by atoms with E-state index < -0.39 is 42.3 Å². The number of carbonyl (C=O) groups is 4. The molecule has 268 valence electrons. The fourth-order valence-corrected chi connectivity index (χ4v) is 7.98. The van der Waals surface area contributed by atoms with Gasteiger partial charge in [0.25, 0.3) is 5.92 Å². The lowest BCUT2D eigenvalue weighted by Gasteiger charge is -2.49. The predicted octanol–water partition coefficient (Wildman–Crippen LogP) is 3.54. The zero-order valence-electron chi connectivity index (χ0n) is 27.6. The smallest absolute Gasteiger partial charge is 0.336 e. The molecule has 5 N–H and O–H groups in total. The number of hydrogen-bond acceptors (Lipinski definition) is 8. The zero-order valence-corrected chi connectivity index (χ0v) is 27.6. The van der Waals surface area contributed by atoms with Gasteiger partial charge in [0.1, 0.15) is 5.75 Å². The molecule has 2 saturated heterocycles. The number of likely N-dealkylation sites (tertiary alicyclic amines) is 1. The fraction of sp³-hybridized carbons (Fsp3) is 0.706. The Morgan fingerprint density at radius 1 is 1.06 bits per heavy atom. The number of piperidine rings is 1. The Kier molecular flexibility index (Phi) is 12.1. The van der Waals surface area contributed by atoms with E-state index in [1.54, 1.807) is 0 Å². The van der Waals surface area contributed by atoms with Crippen molar-refractivity contribution in [2.24, 2.45) is 17.8 Å². The highest BCUT2D eigenvalue weighted by Crippen LogP contribution is 2.57. The number of carboxylic acids is 3. The molecule has 3 fully saturated rings. The molecule has 1 saturated carbocycles. The monoisotopic (exact) mass is 682 g/mol. The second-order valence-electron chi connectivity index (χ2n) is 13.7. The van der Waals surface area contributed by atoms with E-state index in [1.165, 1.54) is 11.1 Å². The largest absolute Gasteiger partial charge is 0.494 e. The molecule has 1 aromatic carbocycles. The normalized spacial score (nSPS) is 27.7. The van der Waals surface area contributed by atoms with E-state index in [0.29, 0.717) is 44.7 Å². The summed E-state index contributed by atoms with van der Waals surface area (Å²) in [6.45, 7) is 7.74. The van der Waals surface area contributed by atoms with Gasteiger partial charge in [-0.3, -0.25) is 14.4 Å². The van der Waals surface area contributed by atoms with E-state index in [-0.39, 0.29) is 36.2 Å². The third kappa shape index (κ3) is 9.00. The molecule has 1 aromatic rings. The summed E-state index contributed by atoms with van der Waals surface area (Å²) in [6.07, 6.45) is 2.67. The Morgan fingerprint density at radius 3 is 2.33 bits per heavy atom. The van der Waals surface area contributed by atoms with Crippen molar-refractivity contribution in [3.8, 4) is 5.75 Å². The van der Waals surface area contributed by atoms with Crippen LogP contribution in [0.15, 0.2) is 18.2 Å². The number of rotatable bonds is 12. The van der Waals surface area contributed by atoms with Crippen LogP contribution >= 0.6 is 0 Å². The van der Waals surface area contributed by atoms with Gasteiger partial charge in [-0.1, -0.05) is 6.07 Å². The Labute approximate surface area is 278 Å². The van der Waals surface area contributed by atoms with Gasteiger partial charge < -0.3 is 40.1 Å². The van der Waals surface area contributed by atoms with Gasteiger partial charge in [0.15, 0.2) is 5.60 Å². The van der Waals surface area contributed by atoms with Crippen LogP contribution in [-0.2, 0) is 30.3 Å². The maximum atomic E-state index is 13.3. The van der Waals surface area contributed by atoms with E-state index in [1.807, 2.05) is 6.92 Å². The van der Waals surface area contributed by atoms with Gasteiger partial charge in [0.05, 0.1) is 37.6 Å². The second-order valence-corrected chi connectivity index (χ2v) is 13.7. The number of carbonyl (C=O) groups excluding carboxylic acids is 1. The Morgan fingerprint density at radius 2 is 1.73 bits per heavy atom. The molecular weight excluding hydrogens is 634 g/mol. The number of nitrogens with one attached hydrogen (secondary N) is 1. The van der Waals surface area contributed by atoms with E-state index in [2.05, 4.69) is 35.3 Å². The molecule has 0 spiro atoms. The first-order valence-corrected chi connectivity index (χ1v) is 16.7. The average Bonchev–Trinajstić information content (AvgIpc) is 3.37. The van der Waals surface area contributed by atoms with Crippen molar-refractivity contribution < 1.29 is 57.9 Å². The van der Waals surface area contributed by atoms with E-state index in [4.69, 9.17) is 29.9 Å². The predicted molar refractivity (Wildman–Crippen MR) is 168 cm³/mol. The lowest BCUT2D eigenvalue weighted by atomic mass is 9.56. The van der Waals surface area contributed by atoms with Gasteiger partial charge in [-0.15, -0.1) is 0 Å².